The summed E-state index contributed by atoms with van der Waals surface area (Å²) in [5, 5.41) is 0. The van der Waals surface area contributed by atoms with Crippen molar-refractivity contribution in [1.29, 1.82) is 0 Å². The van der Waals surface area contributed by atoms with Crippen molar-refractivity contribution in [2.75, 3.05) is 19.6 Å². The fourth-order valence-corrected chi connectivity index (χ4v) is 4.84. The number of piperidine rings is 1. The highest BCUT2D eigenvalue weighted by atomic mass is 35.5. The highest BCUT2D eigenvalue weighted by Crippen LogP contribution is 2.35. The van der Waals surface area contributed by atoms with Gasteiger partial charge < -0.3 is 4.57 Å². The van der Waals surface area contributed by atoms with Gasteiger partial charge in [-0.15, -0.1) is 23.7 Å². The molecule has 24 heavy (non-hydrogen) atoms. The normalized spacial score (nSPS) is 22.5. The molecule has 0 N–H and O–H groups in total. The zero-order chi connectivity index (χ0) is 16.0. The molecule has 4 nitrogen and oxygen atoms in total. The van der Waals surface area contributed by atoms with E-state index in [0.717, 1.165) is 36.6 Å². The molecule has 128 valence electrons. The van der Waals surface area contributed by atoms with E-state index in [1.807, 2.05) is 16.7 Å². The van der Waals surface area contributed by atoms with E-state index in [0.29, 0.717) is 22.7 Å². The summed E-state index contributed by atoms with van der Waals surface area (Å²) >= 11 is 7.26. The van der Waals surface area contributed by atoms with Crippen molar-refractivity contribution in [1.82, 2.24) is 9.47 Å². The van der Waals surface area contributed by atoms with Gasteiger partial charge in [0.05, 0.1) is 15.8 Å². The summed E-state index contributed by atoms with van der Waals surface area (Å²) in [7, 11) is 0. The number of likely N-dealkylation sites (tertiary alicyclic amines) is 1. The quantitative estimate of drug-likeness (QED) is 0.762. The number of halogens is 2. The Bertz CT molecular complexity index is 817. The highest BCUT2D eigenvalue weighted by molar-refractivity contribution is 7.18. The van der Waals surface area contributed by atoms with Gasteiger partial charge in [-0.1, -0.05) is 17.7 Å². The fourth-order valence-electron chi connectivity index (χ4n) is 3.87. The zero-order valence-corrected chi connectivity index (χ0v) is 15.4. The molecule has 7 heteroatoms. The Kier molecular flexibility index (Phi) is 5.16. The summed E-state index contributed by atoms with van der Waals surface area (Å²) in [5.74, 6) is 0.921. The van der Waals surface area contributed by atoms with Crippen molar-refractivity contribution in [3.63, 3.8) is 0 Å². The van der Waals surface area contributed by atoms with Gasteiger partial charge in [0.25, 0.3) is 5.56 Å². The standard InChI is InChI=1S/C17H17ClN2O2S.ClH/c18-16-5-4-15(23-16)14(21)10-19-7-11-6-12(9-19)13-2-1-3-17(22)20(13)8-11;/h1-5,11-12H,6-10H2;1H. The molecule has 0 saturated carbocycles. The molecule has 2 atom stereocenters. The predicted octanol–water partition coefficient (Wildman–Crippen LogP) is 3.29. The summed E-state index contributed by atoms with van der Waals surface area (Å²) in [5.41, 5.74) is 1.21. The summed E-state index contributed by atoms with van der Waals surface area (Å²) in [6.45, 7) is 2.91. The third kappa shape index (κ3) is 3.31. The number of hydrogen-bond donors (Lipinski definition) is 0. The van der Waals surface area contributed by atoms with Crippen LogP contribution in [0.25, 0.3) is 0 Å². The Morgan fingerprint density at radius 1 is 1.21 bits per heavy atom. The summed E-state index contributed by atoms with van der Waals surface area (Å²) in [4.78, 5) is 27.4. The van der Waals surface area contributed by atoms with Crippen LogP contribution >= 0.6 is 35.3 Å². The van der Waals surface area contributed by atoms with E-state index < -0.39 is 0 Å². The Morgan fingerprint density at radius 2 is 2.04 bits per heavy atom. The molecular formula is C17H18Cl2N2O2S. The molecule has 4 rings (SSSR count). The van der Waals surface area contributed by atoms with Crippen LogP contribution in [0, 0.1) is 5.92 Å². The van der Waals surface area contributed by atoms with Crippen LogP contribution in [0.3, 0.4) is 0 Å². The van der Waals surface area contributed by atoms with E-state index >= 15 is 0 Å². The van der Waals surface area contributed by atoms with Crippen molar-refractivity contribution in [2.45, 2.75) is 18.9 Å². The number of nitrogens with zero attached hydrogens (tertiary/aromatic N) is 2. The second-order valence-electron chi connectivity index (χ2n) is 6.42. The van der Waals surface area contributed by atoms with Crippen LogP contribution in [0.5, 0.6) is 0 Å². The average molecular weight is 385 g/mol. The van der Waals surface area contributed by atoms with Gasteiger partial charge >= 0.3 is 0 Å². The average Bonchev–Trinajstić information content (AvgIpc) is 2.95. The van der Waals surface area contributed by atoms with Gasteiger partial charge in [0.2, 0.25) is 0 Å². The lowest BCUT2D eigenvalue weighted by atomic mass is 9.83. The van der Waals surface area contributed by atoms with E-state index in [1.165, 1.54) is 11.3 Å². The second-order valence-corrected chi connectivity index (χ2v) is 8.13. The Balaban J connectivity index is 0.00000169. The monoisotopic (exact) mass is 384 g/mol. The summed E-state index contributed by atoms with van der Waals surface area (Å²) in [6.07, 6.45) is 1.11. The van der Waals surface area contributed by atoms with E-state index in [1.54, 1.807) is 18.2 Å². The number of thiophene rings is 1. The van der Waals surface area contributed by atoms with Crippen molar-refractivity contribution < 1.29 is 4.79 Å². The van der Waals surface area contributed by atoms with Crippen LogP contribution in [-0.4, -0.2) is 34.9 Å². The molecule has 0 spiro atoms. The first-order chi connectivity index (χ1) is 11.1. The largest absolute Gasteiger partial charge is 0.312 e. The van der Waals surface area contributed by atoms with E-state index in [2.05, 4.69) is 4.90 Å². The molecule has 0 amide bonds. The lowest BCUT2D eigenvalue weighted by Gasteiger charge is -2.42. The Hall–Kier alpha value is -1.14. The number of carbonyl (C=O) groups is 1. The van der Waals surface area contributed by atoms with Gasteiger partial charge in [-0.05, 0) is 30.5 Å². The summed E-state index contributed by atoms with van der Waals surface area (Å²) < 4.78 is 2.56. The SMILES string of the molecule is Cl.O=C(CN1CC2CC(C1)c1cccc(=O)n1C2)c1ccc(Cl)s1. The predicted molar refractivity (Wildman–Crippen MR) is 98.9 cm³/mol. The Labute approximate surface area is 155 Å². The van der Waals surface area contributed by atoms with Crippen LogP contribution in [0.2, 0.25) is 4.34 Å². The number of aromatic nitrogens is 1. The molecule has 0 aromatic carbocycles. The second kappa shape index (κ2) is 7.00. The van der Waals surface area contributed by atoms with Crippen LogP contribution in [-0.2, 0) is 6.54 Å². The molecule has 2 aromatic heterocycles. The number of ketones is 1. The maximum atomic E-state index is 12.4. The minimum Gasteiger partial charge on any atom is -0.312 e. The van der Waals surface area contributed by atoms with Crippen LogP contribution < -0.4 is 5.56 Å². The van der Waals surface area contributed by atoms with Gasteiger partial charge in [-0.25, -0.2) is 0 Å². The highest BCUT2D eigenvalue weighted by Gasteiger charge is 2.35. The Morgan fingerprint density at radius 3 is 2.79 bits per heavy atom. The van der Waals surface area contributed by atoms with Gasteiger partial charge in [-0.3, -0.25) is 14.5 Å². The molecular weight excluding hydrogens is 367 g/mol. The first-order valence-corrected chi connectivity index (χ1v) is 9.00. The van der Waals surface area contributed by atoms with Gasteiger partial charge in [0.15, 0.2) is 5.78 Å². The first-order valence-electron chi connectivity index (χ1n) is 7.81. The maximum absolute atomic E-state index is 12.4. The van der Waals surface area contributed by atoms with E-state index in [4.69, 9.17) is 11.6 Å². The van der Waals surface area contributed by atoms with Crippen LogP contribution in [0.1, 0.15) is 27.7 Å². The number of fused-ring (bicyclic) bond motifs is 4. The molecule has 1 saturated heterocycles. The van der Waals surface area contributed by atoms with Crippen molar-refractivity contribution >= 4 is 41.1 Å². The van der Waals surface area contributed by atoms with Crippen molar-refractivity contribution in [3.8, 4) is 0 Å². The number of pyridine rings is 1. The smallest absolute Gasteiger partial charge is 0.250 e. The molecule has 2 aliphatic rings. The molecule has 0 radical (unpaired) electrons. The summed E-state index contributed by atoms with van der Waals surface area (Å²) in [6, 6.07) is 9.09. The molecule has 0 aliphatic carbocycles. The fraction of sp³-hybridized carbons (Fsp3) is 0.412. The van der Waals surface area contributed by atoms with Gasteiger partial charge in [-0.2, -0.15) is 0 Å². The van der Waals surface area contributed by atoms with Gasteiger partial charge in [0, 0.05) is 37.3 Å². The van der Waals surface area contributed by atoms with Crippen LogP contribution in [0.15, 0.2) is 35.1 Å². The number of hydrogen-bond acceptors (Lipinski definition) is 4. The van der Waals surface area contributed by atoms with Gasteiger partial charge in [0.1, 0.15) is 0 Å². The zero-order valence-electron chi connectivity index (χ0n) is 13.0. The minimum atomic E-state index is 0. The maximum Gasteiger partial charge on any atom is 0.250 e. The van der Waals surface area contributed by atoms with Crippen LogP contribution in [0.4, 0.5) is 0 Å². The topological polar surface area (TPSA) is 42.3 Å². The lowest BCUT2D eigenvalue weighted by Crippen LogP contribution is -2.48. The van der Waals surface area contributed by atoms with E-state index in [-0.39, 0.29) is 23.7 Å². The lowest BCUT2D eigenvalue weighted by molar-refractivity contribution is 0.0821. The molecule has 1 fully saturated rings. The van der Waals surface area contributed by atoms with Crippen molar-refractivity contribution in [3.05, 3.63) is 55.6 Å². The number of Topliss-reactive ketones (excluding diaryl/α,β-unsaturated/α-hetero) is 1. The van der Waals surface area contributed by atoms with Crippen molar-refractivity contribution in [2.24, 2.45) is 5.92 Å². The number of carbonyl (C=O) groups excluding carboxylic acids is 1. The molecule has 2 aromatic rings. The molecule has 4 heterocycles. The molecule has 2 bridgehead atoms. The minimum absolute atomic E-state index is 0. The first kappa shape index (κ1) is 17.7. The molecule has 2 aliphatic heterocycles. The molecule has 2 unspecified atom stereocenters. The number of rotatable bonds is 3. The third-order valence-electron chi connectivity index (χ3n) is 4.77. The third-order valence-corrected chi connectivity index (χ3v) is 6.04. The van der Waals surface area contributed by atoms with E-state index in [9.17, 15) is 9.59 Å².